The fraction of sp³-hybridized carbons (Fsp3) is 1.00. The quantitative estimate of drug-likeness (QED) is 0.378. The van der Waals surface area contributed by atoms with Gasteiger partial charge in [0, 0.05) is 0 Å². The van der Waals surface area contributed by atoms with Crippen LogP contribution in [0.4, 0.5) is 0 Å². The zero-order valence-corrected chi connectivity index (χ0v) is 7.35. The summed E-state index contributed by atoms with van der Waals surface area (Å²) >= 11 is 3.64. The van der Waals surface area contributed by atoms with Crippen molar-refractivity contribution in [1.29, 1.82) is 0 Å². The second kappa shape index (κ2) is 10.4. The summed E-state index contributed by atoms with van der Waals surface area (Å²) in [6, 6.07) is 0. The third kappa shape index (κ3) is 8.28. The lowest BCUT2D eigenvalue weighted by Crippen LogP contribution is -2.50. The highest BCUT2D eigenvalue weighted by atomic mass is 35.5. The molecule has 72 valence electrons. The Hall–Kier alpha value is 0.380. The summed E-state index contributed by atoms with van der Waals surface area (Å²) in [5.74, 6) is 0. The van der Waals surface area contributed by atoms with Gasteiger partial charge in [-0.3, -0.25) is 4.66 Å². The molecule has 0 unspecified atom stereocenters. The van der Waals surface area contributed by atoms with E-state index < -0.39 is 25.4 Å². The van der Waals surface area contributed by atoms with Gasteiger partial charge in [0.05, 0.1) is 37.2 Å². The standard InChI is InChI=1S/C4H11NO3.ClHO.ClH/c5-4(1-6,2-7)3-8;1-2;/h6-8H,1-3,5H2;2H;1H. The van der Waals surface area contributed by atoms with Crippen LogP contribution < -0.4 is 5.73 Å². The van der Waals surface area contributed by atoms with E-state index in [1.165, 1.54) is 0 Å². The maximum Gasteiger partial charge on any atom is 0.0856 e. The summed E-state index contributed by atoms with van der Waals surface area (Å²) in [4.78, 5) is 0. The highest BCUT2D eigenvalue weighted by Gasteiger charge is 2.20. The minimum atomic E-state index is -1.21. The van der Waals surface area contributed by atoms with E-state index in [4.69, 9.17) is 25.7 Å². The lowest BCUT2D eigenvalue weighted by molar-refractivity contribution is 0.0698. The Morgan fingerprint density at radius 1 is 1.00 bits per heavy atom. The molecule has 0 heterocycles. The minimum Gasteiger partial charge on any atom is -0.394 e. The average Bonchev–Trinajstić information content (AvgIpc) is 2.07. The lowest BCUT2D eigenvalue weighted by atomic mass is 10.1. The molecule has 0 aromatic rings. The molecule has 0 aliphatic rings. The van der Waals surface area contributed by atoms with E-state index in [1.54, 1.807) is 0 Å². The molecule has 5 nitrogen and oxygen atoms in total. The van der Waals surface area contributed by atoms with Gasteiger partial charge in [0.25, 0.3) is 0 Å². The molecular formula is C4H13Cl2NO4. The van der Waals surface area contributed by atoms with Crippen LogP contribution in [0.25, 0.3) is 0 Å². The maximum atomic E-state index is 8.34. The van der Waals surface area contributed by atoms with Crippen LogP contribution >= 0.6 is 24.3 Å². The molecule has 11 heavy (non-hydrogen) atoms. The van der Waals surface area contributed by atoms with Gasteiger partial charge < -0.3 is 21.1 Å². The second-order valence-electron chi connectivity index (χ2n) is 1.84. The molecule has 0 saturated heterocycles. The predicted octanol–water partition coefficient (Wildman–Crippen LogP) is -1.78. The van der Waals surface area contributed by atoms with Crippen molar-refractivity contribution >= 4 is 24.3 Å². The molecule has 0 saturated carbocycles. The van der Waals surface area contributed by atoms with E-state index in [1.807, 2.05) is 0 Å². The molecule has 0 rings (SSSR count). The highest BCUT2D eigenvalue weighted by molar-refractivity contribution is 6.04. The first kappa shape index (κ1) is 17.5. The smallest absolute Gasteiger partial charge is 0.0856 e. The van der Waals surface area contributed by atoms with Gasteiger partial charge in [-0.2, -0.15) is 0 Å². The predicted molar refractivity (Wildman–Crippen MR) is 43.5 cm³/mol. The van der Waals surface area contributed by atoms with Crippen molar-refractivity contribution in [3.63, 3.8) is 0 Å². The molecule has 0 fully saturated rings. The zero-order chi connectivity index (χ0) is 8.62. The number of nitrogens with two attached hydrogens (primary N) is 1. The second-order valence-corrected chi connectivity index (χ2v) is 1.84. The molecule has 0 amide bonds. The van der Waals surface area contributed by atoms with Gasteiger partial charge in [-0.05, 0) is 0 Å². The number of hydrogen-bond acceptors (Lipinski definition) is 5. The number of hydrogen-bond donors (Lipinski definition) is 5. The van der Waals surface area contributed by atoms with Gasteiger partial charge in [0.15, 0.2) is 0 Å². The topological polar surface area (TPSA) is 107 Å². The van der Waals surface area contributed by atoms with Crippen molar-refractivity contribution in [3.05, 3.63) is 0 Å². The van der Waals surface area contributed by atoms with Gasteiger partial charge in [-0.1, -0.05) is 0 Å². The Balaban J connectivity index is -0.000000196. The molecule has 0 aromatic carbocycles. The van der Waals surface area contributed by atoms with Crippen LogP contribution in [0.3, 0.4) is 0 Å². The van der Waals surface area contributed by atoms with Gasteiger partial charge in [0.2, 0.25) is 0 Å². The first-order valence-electron chi connectivity index (χ1n) is 2.47. The molecule has 0 bridgehead atoms. The fourth-order valence-corrected chi connectivity index (χ4v) is 0.150. The summed E-state index contributed by atoms with van der Waals surface area (Å²) in [6.45, 7) is -1.21. The minimum absolute atomic E-state index is 0. The number of aliphatic hydroxyl groups excluding tert-OH is 3. The van der Waals surface area contributed by atoms with Crippen LogP contribution in [0, 0.1) is 0 Å². The summed E-state index contributed by atoms with van der Waals surface area (Å²) in [6.07, 6.45) is 0. The first-order valence-corrected chi connectivity index (χ1v) is 2.81. The van der Waals surface area contributed by atoms with Gasteiger partial charge in [-0.25, -0.2) is 0 Å². The molecule has 0 aromatic heterocycles. The molecule has 7 heteroatoms. The van der Waals surface area contributed by atoms with E-state index in [0.29, 0.717) is 0 Å². The molecule has 0 radical (unpaired) electrons. The van der Waals surface area contributed by atoms with Crippen molar-refractivity contribution < 1.29 is 20.0 Å². The molecule has 0 spiro atoms. The molecule has 0 aliphatic heterocycles. The normalized spacial score (nSPS) is 9.27. The lowest BCUT2D eigenvalue weighted by Gasteiger charge is -2.20. The van der Waals surface area contributed by atoms with Crippen LogP contribution in [-0.4, -0.2) is 45.3 Å². The Labute approximate surface area is 76.0 Å². The van der Waals surface area contributed by atoms with Crippen molar-refractivity contribution in [3.8, 4) is 0 Å². The van der Waals surface area contributed by atoms with Crippen LogP contribution in [0.2, 0.25) is 0 Å². The Bertz CT molecular complexity index is 62.8. The SMILES string of the molecule is Cl.NC(CO)(CO)CO.OCl. The van der Waals surface area contributed by atoms with Crippen molar-refractivity contribution in [2.45, 2.75) is 5.54 Å². The number of aliphatic hydroxyl groups is 3. The fourth-order valence-electron chi connectivity index (χ4n) is 0.150. The van der Waals surface area contributed by atoms with E-state index in [2.05, 4.69) is 11.9 Å². The summed E-state index contributed by atoms with van der Waals surface area (Å²) in [7, 11) is 0. The summed E-state index contributed by atoms with van der Waals surface area (Å²) in [5.41, 5.74) is 3.94. The van der Waals surface area contributed by atoms with Gasteiger partial charge in [0.1, 0.15) is 0 Å². The van der Waals surface area contributed by atoms with E-state index in [0.717, 1.165) is 0 Å². The van der Waals surface area contributed by atoms with Gasteiger partial charge >= 0.3 is 0 Å². The molecule has 0 aliphatic carbocycles. The number of halogens is 2. The number of rotatable bonds is 3. The van der Waals surface area contributed by atoms with Crippen LogP contribution in [0.1, 0.15) is 0 Å². The van der Waals surface area contributed by atoms with E-state index in [9.17, 15) is 0 Å². The van der Waals surface area contributed by atoms with E-state index in [-0.39, 0.29) is 12.4 Å². The third-order valence-corrected chi connectivity index (χ3v) is 0.945. The van der Waals surface area contributed by atoms with Crippen molar-refractivity contribution in [1.82, 2.24) is 0 Å². The highest BCUT2D eigenvalue weighted by Crippen LogP contribution is 1.93. The molecule has 0 atom stereocenters. The monoisotopic (exact) mass is 209 g/mol. The Kier molecular flexibility index (Phi) is 16.5. The van der Waals surface area contributed by atoms with Crippen molar-refractivity contribution in [2.24, 2.45) is 5.73 Å². The summed E-state index contributed by atoms with van der Waals surface area (Å²) in [5, 5.41) is 25.0. The van der Waals surface area contributed by atoms with Crippen LogP contribution in [-0.2, 0) is 0 Å². The average molecular weight is 210 g/mol. The van der Waals surface area contributed by atoms with Gasteiger partial charge in [-0.15, -0.1) is 12.4 Å². The van der Waals surface area contributed by atoms with Crippen molar-refractivity contribution in [2.75, 3.05) is 19.8 Å². The third-order valence-electron chi connectivity index (χ3n) is 0.945. The van der Waals surface area contributed by atoms with Crippen LogP contribution in [0.15, 0.2) is 0 Å². The zero-order valence-electron chi connectivity index (χ0n) is 5.77. The molecule has 6 N–H and O–H groups in total. The first-order chi connectivity index (χ1) is 4.68. The Morgan fingerprint density at radius 3 is 1.18 bits per heavy atom. The Morgan fingerprint density at radius 2 is 1.18 bits per heavy atom. The van der Waals surface area contributed by atoms with Crippen LogP contribution in [0.5, 0.6) is 0 Å². The maximum absolute atomic E-state index is 8.34. The summed E-state index contributed by atoms with van der Waals surface area (Å²) < 4.78 is 6.47. The largest absolute Gasteiger partial charge is 0.394 e. The van der Waals surface area contributed by atoms with E-state index >= 15 is 0 Å². The molecular weight excluding hydrogens is 197 g/mol.